The van der Waals surface area contributed by atoms with Crippen molar-refractivity contribution in [2.24, 2.45) is 0 Å². The minimum atomic E-state index is -0.169. The molecule has 0 bridgehead atoms. The Balaban J connectivity index is 1.57. The standard InChI is InChI=1S/C20H20Cl2N2O3/c21-15-7-8-18(22)17(13-15)20(26)24-10-4-9-23(11-12-24)19(25)14-27-16-5-2-1-3-6-16/h1-3,5-8,13H,4,9-12,14H2. The van der Waals surface area contributed by atoms with Gasteiger partial charge in [-0.1, -0.05) is 41.4 Å². The van der Waals surface area contributed by atoms with Crippen molar-refractivity contribution >= 4 is 35.0 Å². The van der Waals surface area contributed by atoms with E-state index in [1.807, 2.05) is 30.3 Å². The Kier molecular flexibility index (Phi) is 6.58. The molecule has 0 aliphatic carbocycles. The summed E-state index contributed by atoms with van der Waals surface area (Å²) >= 11 is 12.1. The molecule has 2 amide bonds. The predicted molar refractivity (Wildman–Crippen MR) is 105 cm³/mol. The van der Waals surface area contributed by atoms with Gasteiger partial charge in [0.05, 0.1) is 10.6 Å². The number of hydrogen-bond acceptors (Lipinski definition) is 3. The summed E-state index contributed by atoms with van der Waals surface area (Å²) in [5.74, 6) is 0.402. The lowest BCUT2D eigenvalue weighted by atomic mass is 10.2. The van der Waals surface area contributed by atoms with E-state index < -0.39 is 0 Å². The Morgan fingerprint density at radius 3 is 2.41 bits per heavy atom. The molecule has 5 nitrogen and oxygen atoms in total. The largest absolute Gasteiger partial charge is 0.484 e. The van der Waals surface area contributed by atoms with Gasteiger partial charge in [-0.2, -0.15) is 0 Å². The highest BCUT2D eigenvalue weighted by atomic mass is 35.5. The van der Waals surface area contributed by atoms with Crippen LogP contribution in [0.2, 0.25) is 10.0 Å². The maximum atomic E-state index is 12.8. The van der Waals surface area contributed by atoms with Gasteiger partial charge in [-0.3, -0.25) is 9.59 Å². The van der Waals surface area contributed by atoms with Crippen LogP contribution in [0.25, 0.3) is 0 Å². The fraction of sp³-hybridized carbons (Fsp3) is 0.300. The minimum Gasteiger partial charge on any atom is -0.484 e. The molecule has 1 aliphatic rings. The molecule has 0 radical (unpaired) electrons. The number of rotatable bonds is 4. The van der Waals surface area contributed by atoms with E-state index in [1.165, 1.54) is 0 Å². The summed E-state index contributed by atoms with van der Waals surface area (Å²) in [5.41, 5.74) is 0.386. The first-order valence-corrected chi connectivity index (χ1v) is 9.50. The van der Waals surface area contributed by atoms with Crippen molar-refractivity contribution in [1.82, 2.24) is 9.80 Å². The Morgan fingerprint density at radius 2 is 1.63 bits per heavy atom. The highest BCUT2D eigenvalue weighted by Crippen LogP contribution is 2.22. The van der Waals surface area contributed by atoms with Crippen LogP contribution in [0.1, 0.15) is 16.8 Å². The average Bonchev–Trinajstić information content (AvgIpc) is 2.94. The Hall–Kier alpha value is -2.24. The third kappa shape index (κ3) is 5.15. The number of carbonyl (C=O) groups is 2. The zero-order valence-electron chi connectivity index (χ0n) is 14.7. The van der Waals surface area contributed by atoms with Gasteiger partial charge in [-0.15, -0.1) is 0 Å². The number of hydrogen-bond donors (Lipinski definition) is 0. The van der Waals surface area contributed by atoms with E-state index in [0.717, 1.165) is 0 Å². The van der Waals surface area contributed by atoms with Crippen LogP contribution < -0.4 is 4.74 Å². The molecule has 0 N–H and O–H groups in total. The lowest BCUT2D eigenvalue weighted by molar-refractivity contribution is -0.133. The highest BCUT2D eigenvalue weighted by molar-refractivity contribution is 6.35. The van der Waals surface area contributed by atoms with Gasteiger partial charge in [-0.05, 0) is 36.8 Å². The van der Waals surface area contributed by atoms with E-state index in [9.17, 15) is 9.59 Å². The highest BCUT2D eigenvalue weighted by Gasteiger charge is 2.24. The summed E-state index contributed by atoms with van der Waals surface area (Å²) < 4.78 is 5.53. The summed E-state index contributed by atoms with van der Waals surface area (Å²) in [6, 6.07) is 14.1. The number of amides is 2. The quantitative estimate of drug-likeness (QED) is 0.776. The second-order valence-corrected chi connectivity index (χ2v) is 7.10. The van der Waals surface area contributed by atoms with Gasteiger partial charge in [-0.25, -0.2) is 0 Å². The normalized spacial score (nSPS) is 14.6. The second-order valence-electron chi connectivity index (χ2n) is 6.25. The van der Waals surface area contributed by atoms with Gasteiger partial charge in [0, 0.05) is 31.2 Å². The van der Waals surface area contributed by atoms with E-state index in [1.54, 1.807) is 28.0 Å². The molecule has 1 heterocycles. The Bertz CT molecular complexity index is 814. The lowest BCUT2D eigenvalue weighted by Crippen LogP contribution is -2.39. The monoisotopic (exact) mass is 406 g/mol. The number of benzene rings is 2. The SMILES string of the molecule is O=C(COc1ccccc1)N1CCCN(C(=O)c2cc(Cl)ccc2Cl)CC1. The van der Waals surface area contributed by atoms with Crippen LogP contribution in [0.4, 0.5) is 0 Å². The molecule has 2 aromatic carbocycles. The lowest BCUT2D eigenvalue weighted by Gasteiger charge is -2.22. The van der Waals surface area contributed by atoms with E-state index in [0.29, 0.717) is 54.0 Å². The fourth-order valence-corrected chi connectivity index (χ4v) is 3.33. The van der Waals surface area contributed by atoms with Gasteiger partial charge in [0.25, 0.3) is 11.8 Å². The average molecular weight is 407 g/mol. The zero-order chi connectivity index (χ0) is 19.2. The predicted octanol–water partition coefficient (Wildman–Crippen LogP) is 3.75. The van der Waals surface area contributed by atoms with Crippen LogP contribution in [0.15, 0.2) is 48.5 Å². The maximum Gasteiger partial charge on any atom is 0.260 e. The van der Waals surface area contributed by atoms with E-state index in [4.69, 9.17) is 27.9 Å². The Morgan fingerprint density at radius 1 is 0.926 bits per heavy atom. The molecule has 27 heavy (non-hydrogen) atoms. The fourth-order valence-electron chi connectivity index (χ4n) is 2.95. The molecule has 0 aromatic heterocycles. The summed E-state index contributed by atoms with van der Waals surface area (Å²) in [6.45, 7) is 2.03. The third-order valence-corrected chi connectivity index (χ3v) is 4.96. The molecule has 0 spiro atoms. The third-order valence-electron chi connectivity index (χ3n) is 4.40. The molecule has 0 unspecified atom stereocenters. The van der Waals surface area contributed by atoms with Gasteiger partial charge in [0.15, 0.2) is 6.61 Å². The van der Waals surface area contributed by atoms with Crippen molar-refractivity contribution in [3.63, 3.8) is 0 Å². The summed E-state index contributed by atoms with van der Waals surface area (Å²) in [5, 5.41) is 0.838. The molecular formula is C20H20Cl2N2O3. The first kappa shape index (κ1) is 19.5. The number of carbonyl (C=O) groups excluding carboxylic acids is 2. The first-order chi connectivity index (χ1) is 13.0. The number of nitrogens with zero attached hydrogens (tertiary/aromatic N) is 2. The summed E-state index contributed by atoms with van der Waals surface area (Å²) in [4.78, 5) is 28.6. The van der Waals surface area contributed by atoms with Crippen molar-refractivity contribution in [3.05, 3.63) is 64.1 Å². The molecule has 7 heteroatoms. The van der Waals surface area contributed by atoms with Gasteiger partial charge < -0.3 is 14.5 Å². The van der Waals surface area contributed by atoms with Gasteiger partial charge >= 0.3 is 0 Å². The van der Waals surface area contributed by atoms with Crippen LogP contribution >= 0.6 is 23.2 Å². The van der Waals surface area contributed by atoms with Crippen LogP contribution in [-0.4, -0.2) is 54.4 Å². The van der Waals surface area contributed by atoms with E-state index >= 15 is 0 Å². The van der Waals surface area contributed by atoms with Crippen LogP contribution in [0.5, 0.6) is 5.75 Å². The summed E-state index contributed by atoms with van der Waals surface area (Å²) in [7, 11) is 0. The maximum absolute atomic E-state index is 12.8. The molecule has 0 atom stereocenters. The van der Waals surface area contributed by atoms with Crippen molar-refractivity contribution < 1.29 is 14.3 Å². The number of para-hydroxylation sites is 1. The molecule has 1 saturated heterocycles. The molecule has 3 rings (SSSR count). The van der Waals surface area contributed by atoms with Crippen molar-refractivity contribution in [2.75, 3.05) is 32.8 Å². The molecule has 142 valence electrons. The van der Waals surface area contributed by atoms with Crippen LogP contribution in [-0.2, 0) is 4.79 Å². The summed E-state index contributed by atoms with van der Waals surface area (Å²) in [6.07, 6.45) is 0.695. The van der Waals surface area contributed by atoms with Crippen molar-refractivity contribution in [2.45, 2.75) is 6.42 Å². The van der Waals surface area contributed by atoms with Crippen molar-refractivity contribution in [3.8, 4) is 5.75 Å². The van der Waals surface area contributed by atoms with Crippen LogP contribution in [0.3, 0.4) is 0 Å². The van der Waals surface area contributed by atoms with Crippen LogP contribution in [0, 0.1) is 0 Å². The topological polar surface area (TPSA) is 49.9 Å². The Labute approximate surface area is 168 Å². The second kappa shape index (κ2) is 9.11. The molecule has 2 aromatic rings. The van der Waals surface area contributed by atoms with Gasteiger partial charge in [0.1, 0.15) is 5.75 Å². The van der Waals surface area contributed by atoms with E-state index in [2.05, 4.69) is 0 Å². The van der Waals surface area contributed by atoms with Gasteiger partial charge in [0.2, 0.25) is 0 Å². The molecular weight excluding hydrogens is 387 g/mol. The first-order valence-electron chi connectivity index (χ1n) is 8.74. The zero-order valence-corrected chi connectivity index (χ0v) is 16.2. The minimum absolute atomic E-state index is 0.0158. The number of ether oxygens (including phenoxy) is 1. The van der Waals surface area contributed by atoms with E-state index in [-0.39, 0.29) is 18.4 Å². The smallest absolute Gasteiger partial charge is 0.260 e. The molecule has 0 saturated carbocycles. The molecule has 1 fully saturated rings. The van der Waals surface area contributed by atoms with Crippen molar-refractivity contribution in [1.29, 1.82) is 0 Å². The molecule has 1 aliphatic heterocycles. The number of halogens is 2.